The van der Waals surface area contributed by atoms with Gasteiger partial charge in [0.1, 0.15) is 16.1 Å². The molecule has 2 aromatic heterocycles. The van der Waals surface area contributed by atoms with Gasteiger partial charge in [0.05, 0.1) is 5.60 Å². The molecular formula is C19H15Cl2FN2O. The maximum absolute atomic E-state index is 13.3. The van der Waals surface area contributed by atoms with Gasteiger partial charge in [0, 0.05) is 25.2 Å². The zero-order chi connectivity index (χ0) is 17.9. The molecule has 3 aromatic rings. The average Bonchev–Trinajstić information content (AvgIpc) is 2.55. The van der Waals surface area contributed by atoms with Gasteiger partial charge < -0.3 is 5.11 Å². The maximum Gasteiger partial charge on any atom is 0.129 e. The molecule has 0 unspecified atom stereocenters. The Labute approximate surface area is 155 Å². The number of hydrogen-bond acceptors (Lipinski definition) is 3. The molecule has 0 fully saturated rings. The zero-order valence-electron chi connectivity index (χ0n) is 13.2. The summed E-state index contributed by atoms with van der Waals surface area (Å²) in [6.07, 6.45) is 3.76. The summed E-state index contributed by atoms with van der Waals surface area (Å²) < 4.78 is 13.3. The van der Waals surface area contributed by atoms with Crippen LogP contribution in [0.25, 0.3) is 0 Å². The summed E-state index contributed by atoms with van der Waals surface area (Å²) in [5.41, 5.74) is 0.997. The number of nitrogens with zero attached hydrogens (tertiary/aromatic N) is 2. The van der Waals surface area contributed by atoms with Crippen molar-refractivity contribution in [3.8, 4) is 0 Å². The van der Waals surface area contributed by atoms with Crippen LogP contribution in [0.1, 0.15) is 16.7 Å². The molecule has 0 aliphatic carbocycles. The predicted octanol–water partition coefficient (Wildman–Crippen LogP) is 4.60. The van der Waals surface area contributed by atoms with Crippen LogP contribution in [-0.2, 0) is 18.4 Å². The Bertz CT molecular complexity index is 824. The minimum atomic E-state index is -1.26. The molecule has 0 spiro atoms. The molecule has 3 nitrogen and oxygen atoms in total. The standard InChI is InChI=1S/C19H15Cl2FN2O/c20-17-9-13(5-7-23-17)11-19(25,15-1-3-16(22)4-2-15)12-14-6-8-24-18(21)10-14/h1-10,25H,11-12H2. The molecule has 0 aliphatic rings. The summed E-state index contributed by atoms with van der Waals surface area (Å²) in [5.74, 6) is -0.356. The molecule has 3 rings (SSSR count). The van der Waals surface area contributed by atoms with E-state index in [1.165, 1.54) is 12.1 Å². The lowest BCUT2D eigenvalue weighted by Crippen LogP contribution is -2.31. The van der Waals surface area contributed by atoms with Gasteiger partial charge in [-0.25, -0.2) is 14.4 Å². The topological polar surface area (TPSA) is 46.0 Å². The van der Waals surface area contributed by atoms with Crippen LogP contribution in [0.15, 0.2) is 60.9 Å². The van der Waals surface area contributed by atoms with E-state index < -0.39 is 5.60 Å². The van der Waals surface area contributed by atoms with Gasteiger partial charge >= 0.3 is 0 Å². The summed E-state index contributed by atoms with van der Waals surface area (Å²) in [5, 5.41) is 12.1. The Morgan fingerprint density at radius 3 is 1.76 bits per heavy atom. The third kappa shape index (κ3) is 4.54. The highest BCUT2D eigenvalue weighted by Crippen LogP contribution is 2.31. The molecule has 0 saturated carbocycles. The van der Waals surface area contributed by atoms with Crippen molar-refractivity contribution in [1.82, 2.24) is 9.97 Å². The van der Waals surface area contributed by atoms with E-state index in [-0.39, 0.29) is 5.82 Å². The maximum atomic E-state index is 13.3. The monoisotopic (exact) mass is 376 g/mol. The fourth-order valence-electron chi connectivity index (χ4n) is 2.81. The molecule has 0 aliphatic heterocycles. The van der Waals surface area contributed by atoms with Gasteiger partial charge in [-0.15, -0.1) is 0 Å². The average molecular weight is 377 g/mol. The van der Waals surface area contributed by atoms with Gasteiger partial charge in [0.25, 0.3) is 0 Å². The molecule has 2 heterocycles. The fraction of sp³-hybridized carbons (Fsp3) is 0.158. The zero-order valence-corrected chi connectivity index (χ0v) is 14.7. The van der Waals surface area contributed by atoms with Crippen LogP contribution in [0.3, 0.4) is 0 Å². The van der Waals surface area contributed by atoms with Crippen LogP contribution in [-0.4, -0.2) is 15.1 Å². The summed E-state index contributed by atoms with van der Waals surface area (Å²) >= 11 is 11.9. The number of hydrogen-bond donors (Lipinski definition) is 1. The molecule has 0 atom stereocenters. The van der Waals surface area contributed by atoms with Gasteiger partial charge in [0.15, 0.2) is 0 Å². The molecule has 1 aromatic carbocycles. The number of aromatic nitrogens is 2. The normalized spacial score (nSPS) is 11.5. The van der Waals surface area contributed by atoms with E-state index in [0.717, 1.165) is 11.1 Å². The molecule has 0 saturated heterocycles. The number of rotatable bonds is 5. The number of aliphatic hydroxyl groups is 1. The summed E-state index contributed by atoms with van der Waals surface area (Å²) in [6.45, 7) is 0. The van der Waals surface area contributed by atoms with Crippen LogP contribution in [0, 0.1) is 5.82 Å². The second kappa shape index (κ2) is 7.48. The Morgan fingerprint density at radius 2 is 1.32 bits per heavy atom. The van der Waals surface area contributed by atoms with Crippen LogP contribution in [0.4, 0.5) is 4.39 Å². The van der Waals surface area contributed by atoms with E-state index in [0.29, 0.717) is 28.7 Å². The van der Waals surface area contributed by atoms with Crippen molar-refractivity contribution in [2.75, 3.05) is 0 Å². The van der Waals surface area contributed by atoms with Crippen molar-refractivity contribution in [3.63, 3.8) is 0 Å². The largest absolute Gasteiger partial charge is 0.384 e. The minimum Gasteiger partial charge on any atom is -0.384 e. The van der Waals surface area contributed by atoms with E-state index in [2.05, 4.69) is 9.97 Å². The molecule has 25 heavy (non-hydrogen) atoms. The second-order valence-corrected chi connectivity index (χ2v) is 6.64. The van der Waals surface area contributed by atoms with Gasteiger partial charge in [-0.2, -0.15) is 0 Å². The lowest BCUT2D eigenvalue weighted by Gasteiger charge is -2.29. The number of pyridine rings is 2. The molecule has 0 bridgehead atoms. The molecule has 0 radical (unpaired) electrons. The van der Waals surface area contributed by atoms with E-state index >= 15 is 0 Å². The smallest absolute Gasteiger partial charge is 0.129 e. The van der Waals surface area contributed by atoms with Gasteiger partial charge in [0.2, 0.25) is 0 Å². The van der Waals surface area contributed by atoms with Gasteiger partial charge in [-0.3, -0.25) is 0 Å². The summed E-state index contributed by atoms with van der Waals surface area (Å²) in [6, 6.07) is 12.8. The Balaban J connectivity index is 1.99. The molecular weight excluding hydrogens is 362 g/mol. The van der Waals surface area contributed by atoms with Crippen molar-refractivity contribution in [2.45, 2.75) is 18.4 Å². The molecule has 0 amide bonds. The van der Waals surface area contributed by atoms with Crippen molar-refractivity contribution in [3.05, 3.63) is 93.7 Å². The Hall–Kier alpha value is -2.01. The first kappa shape index (κ1) is 17.8. The third-order valence-corrected chi connectivity index (χ3v) is 4.37. The lowest BCUT2D eigenvalue weighted by molar-refractivity contribution is 0.0370. The highest BCUT2D eigenvalue weighted by atomic mass is 35.5. The predicted molar refractivity (Wildman–Crippen MR) is 96.2 cm³/mol. The minimum absolute atomic E-state index is 0.292. The number of benzene rings is 1. The van der Waals surface area contributed by atoms with E-state index in [1.54, 1.807) is 48.8 Å². The first-order valence-corrected chi connectivity index (χ1v) is 8.39. The quantitative estimate of drug-likeness (QED) is 0.662. The molecule has 6 heteroatoms. The van der Waals surface area contributed by atoms with E-state index in [1.807, 2.05) is 0 Å². The SMILES string of the molecule is OC(Cc1ccnc(Cl)c1)(Cc1ccnc(Cl)c1)c1ccc(F)cc1. The number of halogens is 3. The van der Waals surface area contributed by atoms with E-state index in [9.17, 15) is 9.50 Å². The van der Waals surface area contributed by atoms with Crippen LogP contribution < -0.4 is 0 Å². The van der Waals surface area contributed by atoms with Crippen LogP contribution in [0.5, 0.6) is 0 Å². The summed E-state index contributed by atoms with van der Waals surface area (Å²) in [7, 11) is 0. The fourth-order valence-corrected chi connectivity index (χ4v) is 3.20. The summed E-state index contributed by atoms with van der Waals surface area (Å²) in [4.78, 5) is 7.92. The van der Waals surface area contributed by atoms with Crippen LogP contribution >= 0.6 is 23.2 Å². The Morgan fingerprint density at radius 1 is 0.840 bits per heavy atom. The Kier molecular flexibility index (Phi) is 5.33. The van der Waals surface area contributed by atoms with Crippen molar-refractivity contribution >= 4 is 23.2 Å². The molecule has 1 N–H and O–H groups in total. The van der Waals surface area contributed by atoms with Crippen molar-refractivity contribution in [2.24, 2.45) is 0 Å². The van der Waals surface area contributed by atoms with Gasteiger partial charge in [-0.1, -0.05) is 35.3 Å². The highest BCUT2D eigenvalue weighted by molar-refractivity contribution is 6.29. The van der Waals surface area contributed by atoms with Gasteiger partial charge in [-0.05, 0) is 53.1 Å². The first-order chi connectivity index (χ1) is 11.9. The van der Waals surface area contributed by atoms with Crippen molar-refractivity contribution < 1.29 is 9.50 Å². The third-order valence-electron chi connectivity index (χ3n) is 3.96. The second-order valence-electron chi connectivity index (χ2n) is 5.87. The van der Waals surface area contributed by atoms with Crippen LogP contribution in [0.2, 0.25) is 10.3 Å². The lowest BCUT2D eigenvalue weighted by atomic mass is 9.82. The molecule has 128 valence electrons. The van der Waals surface area contributed by atoms with E-state index in [4.69, 9.17) is 23.2 Å². The first-order valence-electron chi connectivity index (χ1n) is 7.64. The highest BCUT2D eigenvalue weighted by Gasteiger charge is 2.30. The van der Waals surface area contributed by atoms with Crippen molar-refractivity contribution in [1.29, 1.82) is 0 Å².